The minimum atomic E-state index is 0.519. The van der Waals surface area contributed by atoms with Crippen LogP contribution < -0.4 is 5.32 Å². The molecule has 0 saturated carbocycles. The van der Waals surface area contributed by atoms with Gasteiger partial charge >= 0.3 is 0 Å². The monoisotopic (exact) mass is 278 g/mol. The molecule has 0 amide bonds. The van der Waals surface area contributed by atoms with Crippen LogP contribution >= 0.6 is 0 Å². The maximum absolute atomic E-state index is 5.69. The fraction of sp³-hybridized carbons (Fsp3) is 0.765. The number of piperidine rings is 1. The fourth-order valence-corrected chi connectivity index (χ4v) is 2.99. The van der Waals surface area contributed by atoms with Crippen molar-refractivity contribution in [2.24, 2.45) is 5.92 Å². The first-order valence-corrected chi connectivity index (χ1v) is 8.19. The minimum absolute atomic E-state index is 0.519. The summed E-state index contributed by atoms with van der Waals surface area (Å²) in [4.78, 5) is 2.53. The molecule has 1 aliphatic rings. The number of rotatable bonds is 7. The van der Waals surface area contributed by atoms with Gasteiger partial charge in [-0.25, -0.2) is 0 Å². The van der Waals surface area contributed by atoms with Crippen molar-refractivity contribution in [3.05, 3.63) is 23.7 Å². The van der Waals surface area contributed by atoms with Crippen LogP contribution in [0.5, 0.6) is 0 Å². The van der Waals surface area contributed by atoms with E-state index in [9.17, 15) is 0 Å². The molecule has 1 fully saturated rings. The van der Waals surface area contributed by atoms with Gasteiger partial charge in [0, 0.05) is 18.2 Å². The van der Waals surface area contributed by atoms with Gasteiger partial charge in [-0.2, -0.15) is 0 Å². The lowest BCUT2D eigenvalue weighted by Gasteiger charge is -2.31. The van der Waals surface area contributed by atoms with Gasteiger partial charge in [0.2, 0.25) is 0 Å². The summed E-state index contributed by atoms with van der Waals surface area (Å²) < 4.78 is 5.69. The molecular weight excluding hydrogens is 248 g/mol. The van der Waals surface area contributed by atoms with E-state index in [1.165, 1.54) is 44.3 Å². The quantitative estimate of drug-likeness (QED) is 0.822. The van der Waals surface area contributed by atoms with Crippen molar-refractivity contribution in [1.82, 2.24) is 10.2 Å². The molecule has 3 heteroatoms. The highest BCUT2D eigenvalue weighted by molar-refractivity contribution is 5.12. The van der Waals surface area contributed by atoms with Crippen LogP contribution in [0.4, 0.5) is 0 Å². The largest absolute Gasteiger partial charge is 0.468 e. The Balaban J connectivity index is 1.74. The zero-order valence-electron chi connectivity index (χ0n) is 13.3. The van der Waals surface area contributed by atoms with Crippen LogP contribution in [0.15, 0.2) is 16.7 Å². The summed E-state index contributed by atoms with van der Waals surface area (Å²) in [5, 5.41) is 3.42. The van der Waals surface area contributed by atoms with Crippen molar-refractivity contribution < 1.29 is 4.42 Å². The van der Waals surface area contributed by atoms with Crippen molar-refractivity contribution in [3.63, 3.8) is 0 Å². The van der Waals surface area contributed by atoms with Gasteiger partial charge in [-0.3, -0.25) is 4.90 Å². The number of nitrogens with one attached hydrogen (secondary N) is 1. The second-order valence-electron chi connectivity index (χ2n) is 6.47. The Bertz CT molecular complexity index is 378. The smallest absolute Gasteiger partial charge is 0.118 e. The normalized spacial score (nSPS) is 18.0. The molecule has 1 saturated heterocycles. The van der Waals surface area contributed by atoms with Crippen molar-refractivity contribution in [3.8, 4) is 0 Å². The predicted octanol–water partition coefficient (Wildman–Crippen LogP) is 3.79. The molecule has 2 heterocycles. The Kier molecular flexibility index (Phi) is 6.11. The molecule has 0 aromatic carbocycles. The lowest BCUT2D eigenvalue weighted by atomic mass is 9.92. The first kappa shape index (κ1) is 15.6. The van der Waals surface area contributed by atoms with E-state index in [4.69, 9.17) is 4.42 Å². The lowest BCUT2D eigenvalue weighted by molar-refractivity contribution is 0.161. The molecule has 1 aliphatic heterocycles. The van der Waals surface area contributed by atoms with E-state index < -0.39 is 0 Å². The molecule has 1 aromatic heterocycles. The fourth-order valence-electron chi connectivity index (χ4n) is 2.99. The zero-order chi connectivity index (χ0) is 14.4. The molecule has 0 unspecified atom stereocenters. The van der Waals surface area contributed by atoms with E-state index in [0.29, 0.717) is 6.04 Å². The first-order valence-electron chi connectivity index (χ1n) is 8.19. The Morgan fingerprint density at radius 2 is 2.10 bits per heavy atom. The molecule has 0 bridgehead atoms. The van der Waals surface area contributed by atoms with E-state index in [1.54, 1.807) is 0 Å². The van der Waals surface area contributed by atoms with Gasteiger partial charge in [0.15, 0.2) is 0 Å². The third-order valence-electron chi connectivity index (χ3n) is 4.21. The number of hydrogen-bond donors (Lipinski definition) is 1. The number of nitrogens with zero attached hydrogens (tertiary/aromatic N) is 1. The highest BCUT2D eigenvalue weighted by Crippen LogP contribution is 2.23. The Morgan fingerprint density at radius 1 is 1.35 bits per heavy atom. The van der Waals surface area contributed by atoms with Crippen LogP contribution in [0.3, 0.4) is 0 Å². The molecule has 1 aromatic rings. The second-order valence-corrected chi connectivity index (χ2v) is 6.47. The van der Waals surface area contributed by atoms with Crippen LogP contribution in [-0.2, 0) is 13.1 Å². The second kappa shape index (κ2) is 7.84. The highest BCUT2D eigenvalue weighted by Gasteiger charge is 2.19. The van der Waals surface area contributed by atoms with Crippen molar-refractivity contribution >= 4 is 0 Å². The van der Waals surface area contributed by atoms with E-state index in [-0.39, 0.29) is 0 Å². The van der Waals surface area contributed by atoms with Crippen LogP contribution in [0.2, 0.25) is 0 Å². The lowest BCUT2D eigenvalue weighted by Crippen LogP contribution is -2.33. The van der Waals surface area contributed by atoms with Crippen LogP contribution in [-0.4, -0.2) is 24.0 Å². The third-order valence-corrected chi connectivity index (χ3v) is 4.21. The van der Waals surface area contributed by atoms with Gasteiger partial charge in [-0.05, 0) is 37.9 Å². The molecule has 0 spiro atoms. The summed E-state index contributed by atoms with van der Waals surface area (Å²) >= 11 is 0. The molecule has 0 aliphatic carbocycles. The van der Waals surface area contributed by atoms with Crippen LogP contribution in [0.1, 0.15) is 57.8 Å². The summed E-state index contributed by atoms with van der Waals surface area (Å²) in [5.74, 6) is 2.07. The Morgan fingerprint density at radius 3 is 2.75 bits per heavy atom. The molecule has 0 radical (unpaired) electrons. The molecule has 0 atom stereocenters. The van der Waals surface area contributed by atoms with Gasteiger partial charge in [-0.1, -0.05) is 33.6 Å². The average molecular weight is 278 g/mol. The predicted molar refractivity (Wildman–Crippen MR) is 83.6 cm³/mol. The SMILES string of the molecule is CCCC1CCN(Cc2cc(CNC(C)C)co2)CC1. The maximum atomic E-state index is 5.69. The zero-order valence-corrected chi connectivity index (χ0v) is 13.3. The molecule has 3 nitrogen and oxygen atoms in total. The molecule has 1 N–H and O–H groups in total. The van der Waals surface area contributed by atoms with Gasteiger partial charge in [0.1, 0.15) is 5.76 Å². The van der Waals surface area contributed by atoms with E-state index in [1.807, 2.05) is 6.26 Å². The Hall–Kier alpha value is -0.800. The summed E-state index contributed by atoms with van der Waals surface area (Å²) in [7, 11) is 0. The molecule has 20 heavy (non-hydrogen) atoms. The highest BCUT2D eigenvalue weighted by atomic mass is 16.3. The number of hydrogen-bond acceptors (Lipinski definition) is 3. The number of likely N-dealkylation sites (tertiary alicyclic amines) is 1. The summed E-state index contributed by atoms with van der Waals surface area (Å²) in [6, 6.07) is 2.72. The molecule has 114 valence electrons. The van der Waals surface area contributed by atoms with Gasteiger partial charge in [0.05, 0.1) is 12.8 Å². The van der Waals surface area contributed by atoms with E-state index in [2.05, 4.69) is 37.1 Å². The van der Waals surface area contributed by atoms with Crippen molar-refractivity contribution in [1.29, 1.82) is 0 Å². The number of furan rings is 1. The van der Waals surface area contributed by atoms with Crippen molar-refractivity contribution in [2.45, 2.75) is 65.6 Å². The summed E-state index contributed by atoms with van der Waals surface area (Å²) in [6.07, 6.45) is 7.34. The van der Waals surface area contributed by atoms with E-state index in [0.717, 1.165) is 24.8 Å². The molecular formula is C17H30N2O. The van der Waals surface area contributed by atoms with Gasteiger partial charge < -0.3 is 9.73 Å². The van der Waals surface area contributed by atoms with Gasteiger partial charge in [-0.15, -0.1) is 0 Å². The molecule has 2 rings (SSSR count). The average Bonchev–Trinajstić information content (AvgIpc) is 2.87. The minimum Gasteiger partial charge on any atom is -0.468 e. The first-order chi connectivity index (χ1) is 9.67. The van der Waals surface area contributed by atoms with Crippen LogP contribution in [0.25, 0.3) is 0 Å². The summed E-state index contributed by atoms with van der Waals surface area (Å²) in [5.41, 5.74) is 1.26. The maximum Gasteiger partial charge on any atom is 0.118 e. The summed E-state index contributed by atoms with van der Waals surface area (Å²) in [6.45, 7) is 11.0. The van der Waals surface area contributed by atoms with E-state index >= 15 is 0 Å². The standard InChI is InChI=1S/C17H30N2O/c1-4-5-15-6-8-19(9-7-15)12-17-10-16(13-20-17)11-18-14(2)3/h10,13-15,18H,4-9,11-12H2,1-3H3. The van der Waals surface area contributed by atoms with Crippen LogP contribution in [0, 0.1) is 5.92 Å². The third kappa shape index (κ3) is 4.95. The van der Waals surface area contributed by atoms with Gasteiger partial charge in [0.25, 0.3) is 0 Å². The topological polar surface area (TPSA) is 28.4 Å². The van der Waals surface area contributed by atoms with Crippen molar-refractivity contribution in [2.75, 3.05) is 13.1 Å². The Labute approximate surface area is 123 Å².